The van der Waals surface area contributed by atoms with Crippen molar-refractivity contribution in [3.05, 3.63) is 267 Å². The summed E-state index contributed by atoms with van der Waals surface area (Å²) in [6.07, 6.45) is 0. The van der Waals surface area contributed by atoms with E-state index in [-0.39, 0.29) is 0 Å². The largest absolute Gasteiger partial charge is 0.311 e. The van der Waals surface area contributed by atoms with Crippen LogP contribution in [0.3, 0.4) is 0 Å². The summed E-state index contributed by atoms with van der Waals surface area (Å²) in [4.78, 5) is 4.73. The number of hydrogen-bond donors (Lipinski definition) is 0. The van der Waals surface area contributed by atoms with E-state index in [9.17, 15) is 0 Å². The average molecular weight is 817 g/mol. The second-order valence-electron chi connectivity index (χ2n) is 16.2. The van der Waals surface area contributed by atoms with Crippen LogP contribution >= 0.6 is 0 Å². The minimum absolute atomic E-state index is 1.07. The molecule has 0 atom stereocenters. The van der Waals surface area contributed by atoms with E-state index in [0.717, 1.165) is 34.1 Å². The van der Waals surface area contributed by atoms with Gasteiger partial charge in [0.05, 0.1) is 0 Å². The van der Waals surface area contributed by atoms with Crippen LogP contribution in [0.25, 0.3) is 66.1 Å². The third-order valence-electron chi connectivity index (χ3n) is 12.2. The molecule has 11 aromatic carbocycles. The van der Waals surface area contributed by atoms with Crippen LogP contribution in [0.4, 0.5) is 34.1 Å². The minimum Gasteiger partial charge on any atom is -0.311 e. The fourth-order valence-electron chi connectivity index (χ4n) is 9.07. The zero-order valence-electron chi connectivity index (χ0n) is 35.3. The molecule has 0 aliphatic carbocycles. The Balaban J connectivity index is 1.02. The van der Waals surface area contributed by atoms with E-state index in [2.05, 4.69) is 277 Å². The molecule has 0 bridgehead atoms. The van der Waals surface area contributed by atoms with E-state index < -0.39 is 0 Å². The molecule has 0 radical (unpaired) electrons. The number of fused-ring (bicyclic) bond motifs is 2. The molecule has 0 aliphatic rings. The summed E-state index contributed by atoms with van der Waals surface area (Å²) < 4.78 is 0. The molecule has 2 heteroatoms. The first-order valence-electron chi connectivity index (χ1n) is 21.9. The highest BCUT2D eigenvalue weighted by atomic mass is 15.2. The van der Waals surface area contributed by atoms with Crippen molar-refractivity contribution in [1.29, 1.82) is 0 Å². The summed E-state index contributed by atoms with van der Waals surface area (Å²) in [5.74, 6) is 0. The van der Waals surface area contributed by atoms with Crippen molar-refractivity contribution >= 4 is 55.7 Å². The van der Waals surface area contributed by atoms with Gasteiger partial charge >= 0.3 is 0 Å². The van der Waals surface area contributed by atoms with Crippen molar-refractivity contribution in [2.75, 3.05) is 9.80 Å². The molecule has 0 aliphatic heterocycles. The SMILES string of the molecule is c1ccc(-c2ccc(N(c3ccc(-c4ccccc4)cc3)c3ccc(N(c4cccc(-c5ccccc5)c4)c4ccc5c(-c6cccc7ccccc67)cccc5c4)cc3)cc2)cc1. The quantitative estimate of drug-likeness (QED) is 0.136. The maximum absolute atomic E-state index is 2.38. The van der Waals surface area contributed by atoms with E-state index >= 15 is 0 Å². The zero-order chi connectivity index (χ0) is 42.7. The second-order valence-corrected chi connectivity index (χ2v) is 16.2. The molecule has 0 spiro atoms. The molecule has 0 saturated heterocycles. The Morgan fingerprint density at radius 2 is 0.531 bits per heavy atom. The molecule has 0 aromatic heterocycles. The maximum atomic E-state index is 2.38. The molecule has 11 aromatic rings. The van der Waals surface area contributed by atoms with Crippen LogP contribution < -0.4 is 9.80 Å². The maximum Gasteiger partial charge on any atom is 0.0468 e. The van der Waals surface area contributed by atoms with Gasteiger partial charge in [0, 0.05) is 34.1 Å². The monoisotopic (exact) mass is 816 g/mol. The molecule has 302 valence electrons. The van der Waals surface area contributed by atoms with E-state index in [1.165, 1.54) is 66.1 Å². The summed E-state index contributed by atoms with van der Waals surface area (Å²) in [6, 6.07) is 96.3. The summed E-state index contributed by atoms with van der Waals surface area (Å²) in [5.41, 5.74) is 16.1. The predicted octanol–water partition coefficient (Wildman–Crippen LogP) is 17.6. The standard InChI is InChI=1S/C62H44N2/c1-4-15-45(16-5-1)48-29-33-53(34-30-48)63(54-35-31-49(32-36-54)46-17-6-2-7-18-46)55-37-39-56(40-38-55)64(57-25-12-23-51(43-57)47-19-8-3-9-20-47)58-41-42-60-52(44-58)24-14-28-62(60)61-27-13-22-50-21-10-11-26-59(50)61/h1-44H. The van der Waals surface area contributed by atoms with Gasteiger partial charge in [-0.2, -0.15) is 0 Å². The van der Waals surface area contributed by atoms with Crippen molar-refractivity contribution in [2.24, 2.45) is 0 Å². The number of rotatable bonds is 10. The van der Waals surface area contributed by atoms with Gasteiger partial charge in [0.25, 0.3) is 0 Å². The van der Waals surface area contributed by atoms with Crippen molar-refractivity contribution in [3.63, 3.8) is 0 Å². The lowest BCUT2D eigenvalue weighted by molar-refractivity contribution is 1.26. The Kier molecular flexibility index (Phi) is 10.3. The Hall–Kier alpha value is -8.46. The van der Waals surface area contributed by atoms with Gasteiger partial charge in [-0.3, -0.25) is 0 Å². The van der Waals surface area contributed by atoms with Gasteiger partial charge in [-0.15, -0.1) is 0 Å². The predicted molar refractivity (Wildman–Crippen MR) is 273 cm³/mol. The first kappa shape index (κ1) is 38.5. The molecule has 0 heterocycles. The Labute approximate surface area is 375 Å². The van der Waals surface area contributed by atoms with E-state index in [4.69, 9.17) is 0 Å². The summed E-state index contributed by atoms with van der Waals surface area (Å²) in [6.45, 7) is 0. The first-order valence-corrected chi connectivity index (χ1v) is 21.9. The summed E-state index contributed by atoms with van der Waals surface area (Å²) >= 11 is 0. The molecule has 0 fully saturated rings. The highest BCUT2D eigenvalue weighted by molar-refractivity contribution is 6.06. The van der Waals surface area contributed by atoms with Crippen LogP contribution in [0.5, 0.6) is 0 Å². The summed E-state index contributed by atoms with van der Waals surface area (Å²) in [7, 11) is 0. The number of benzene rings is 11. The Morgan fingerprint density at radius 1 is 0.188 bits per heavy atom. The molecule has 64 heavy (non-hydrogen) atoms. The van der Waals surface area contributed by atoms with Crippen molar-refractivity contribution < 1.29 is 0 Å². The topological polar surface area (TPSA) is 6.48 Å². The van der Waals surface area contributed by atoms with Crippen LogP contribution in [-0.2, 0) is 0 Å². The third-order valence-corrected chi connectivity index (χ3v) is 12.2. The fraction of sp³-hybridized carbons (Fsp3) is 0. The highest BCUT2D eigenvalue weighted by Crippen LogP contribution is 2.43. The van der Waals surface area contributed by atoms with Crippen LogP contribution in [0, 0.1) is 0 Å². The normalized spacial score (nSPS) is 11.1. The minimum atomic E-state index is 1.07. The van der Waals surface area contributed by atoms with Crippen LogP contribution in [0.1, 0.15) is 0 Å². The van der Waals surface area contributed by atoms with E-state index in [1.807, 2.05) is 0 Å². The fourth-order valence-corrected chi connectivity index (χ4v) is 9.07. The van der Waals surface area contributed by atoms with Gasteiger partial charge in [0.15, 0.2) is 0 Å². The van der Waals surface area contributed by atoms with Crippen LogP contribution in [-0.4, -0.2) is 0 Å². The number of hydrogen-bond acceptors (Lipinski definition) is 2. The third kappa shape index (κ3) is 7.59. The van der Waals surface area contributed by atoms with Crippen molar-refractivity contribution in [2.45, 2.75) is 0 Å². The van der Waals surface area contributed by atoms with Gasteiger partial charge in [-0.1, -0.05) is 194 Å². The average Bonchev–Trinajstić information content (AvgIpc) is 3.38. The molecule has 0 amide bonds. The summed E-state index contributed by atoms with van der Waals surface area (Å²) in [5, 5.41) is 4.92. The van der Waals surface area contributed by atoms with E-state index in [1.54, 1.807) is 0 Å². The number of anilines is 6. The lowest BCUT2D eigenvalue weighted by Gasteiger charge is -2.29. The van der Waals surface area contributed by atoms with Gasteiger partial charge < -0.3 is 9.80 Å². The molecule has 11 rings (SSSR count). The Morgan fingerprint density at radius 3 is 1.08 bits per heavy atom. The highest BCUT2D eigenvalue weighted by Gasteiger charge is 2.18. The van der Waals surface area contributed by atoms with Gasteiger partial charge in [0.1, 0.15) is 0 Å². The molecule has 0 unspecified atom stereocenters. The van der Waals surface area contributed by atoms with Crippen LogP contribution in [0.15, 0.2) is 267 Å². The smallest absolute Gasteiger partial charge is 0.0468 e. The molecule has 2 nitrogen and oxygen atoms in total. The van der Waals surface area contributed by atoms with Crippen LogP contribution in [0.2, 0.25) is 0 Å². The number of nitrogens with zero attached hydrogens (tertiary/aromatic N) is 2. The second kappa shape index (κ2) is 17.1. The van der Waals surface area contributed by atoms with Gasteiger partial charge in [-0.25, -0.2) is 0 Å². The lowest BCUT2D eigenvalue weighted by Crippen LogP contribution is -2.12. The molecular formula is C62H44N2. The lowest BCUT2D eigenvalue weighted by atomic mass is 9.93. The van der Waals surface area contributed by atoms with Crippen molar-refractivity contribution in [1.82, 2.24) is 0 Å². The molecular weight excluding hydrogens is 773 g/mol. The molecule has 0 saturated carbocycles. The van der Waals surface area contributed by atoms with Gasteiger partial charge in [-0.05, 0) is 139 Å². The van der Waals surface area contributed by atoms with E-state index in [0.29, 0.717) is 0 Å². The Bertz CT molecular complexity index is 3250. The zero-order valence-corrected chi connectivity index (χ0v) is 35.3. The van der Waals surface area contributed by atoms with Gasteiger partial charge in [0.2, 0.25) is 0 Å². The molecule has 0 N–H and O–H groups in total. The van der Waals surface area contributed by atoms with Crippen molar-refractivity contribution in [3.8, 4) is 44.5 Å². The first-order chi connectivity index (χ1) is 31.7.